The van der Waals surface area contributed by atoms with E-state index >= 15 is 0 Å². The van der Waals surface area contributed by atoms with E-state index in [1.165, 1.54) is 4.31 Å². The lowest BCUT2D eigenvalue weighted by Gasteiger charge is -2.24. The Kier molecular flexibility index (Phi) is 4.42. The number of para-hydroxylation sites is 1. The van der Waals surface area contributed by atoms with Gasteiger partial charge in [0.2, 0.25) is 0 Å². The zero-order chi connectivity index (χ0) is 18.3. The molecule has 0 bridgehead atoms. The number of hydrogen-bond donors (Lipinski definition) is 0. The molecular formula is C19H13BrClNO3S. The molecule has 26 heavy (non-hydrogen) atoms. The van der Waals surface area contributed by atoms with Gasteiger partial charge in [-0.25, -0.2) is 8.42 Å². The van der Waals surface area contributed by atoms with Crippen LogP contribution in [0.25, 0.3) is 0 Å². The minimum Gasteiger partial charge on any atom is -0.455 e. The second-order valence-corrected chi connectivity index (χ2v) is 9.00. The maximum atomic E-state index is 13.3. The molecule has 7 heteroatoms. The highest BCUT2D eigenvalue weighted by Gasteiger charge is 2.31. The Bertz CT molecular complexity index is 1080. The second-order valence-electron chi connectivity index (χ2n) is 5.79. The van der Waals surface area contributed by atoms with Crippen LogP contribution < -0.4 is 9.04 Å². The van der Waals surface area contributed by atoms with E-state index < -0.39 is 10.0 Å². The minimum absolute atomic E-state index is 0.155. The van der Waals surface area contributed by atoms with Crippen molar-refractivity contribution in [1.29, 1.82) is 0 Å². The molecule has 0 saturated carbocycles. The Hall–Kier alpha value is -2.02. The Morgan fingerprint density at radius 3 is 2.46 bits per heavy atom. The number of sulfonamides is 1. The summed E-state index contributed by atoms with van der Waals surface area (Å²) in [5.41, 5.74) is 1.19. The van der Waals surface area contributed by atoms with Gasteiger partial charge >= 0.3 is 0 Å². The Morgan fingerprint density at radius 1 is 0.962 bits per heavy atom. The molecule has 1 aliphatic rings. The van der Waals surface area contributed by atoms with Crippen molar-refractivity contribution < 1.29 is 13.2 Å². The molecule has 0 N–H and O–H groups in total. The summed E-state index contributed by atoms with van der Waals surface area (Å²) in [6.07, 6.45) is 0. The SMILES string of the molecule is O=S(=O)(c1ccc(Br)cc1)N1Cc2ccccc2Oc2ccc(Cl)cc21. The van der Waals surface area contributed by atoms with E-state index in [4.69, 9.17) is 16.3 Å². The number of hydrogen-bond acceptors (Lipinski definition) is 3. The average Bonchev–Trinajstić information content (AvgIpc) is 2.79. The van der Waals surface area contributed by atoms with E-state index in [9.17, 15) is 8.42 Å². The highest BCUT2D eigenvalue weighted by Crippen LogP contribution is 2.42. The number of halogens is 2. The van der Waals surface area contributed by atoms with E-state index in [0.717, 1.165) is 10.0 Å². The molecule has 0 amide bonds. The topological polar surface area (TPSA) is 46.6 Å². The summed E-state index contributed by atoms with van der Waals surface area (Å²) in [7, 11) is -3.80. The van der Waals surface area contributed by atoms with Crippen LogP contribution in [-0.2, 0) is 16.6 Å². The molecule has 0 saturated heterocycles. The monoisotopic (exact) mass is 449 g/mol. The number of nitrogens with zero attached hydrogens (tertiary/aromatic N) is 1. The van der Waals surface area contributed by atoms with Gasteiger partial charge in [-0.05, 0) is 48.5 Å². The summed E-state index contributed by atoms with van der Waals surface area (Å²) in [4.78, 5) is 0.200. The predicted molar refractivity (Wildman–Crippen MR) is 105 cm³/mol. The van der Waals surface area contributed by atoms with Crippen molar-refractivity contribution in [2.75, 3.05) is 4.31 Å². The van der Waals surface area contributed by atoms with Gasteiger partial charge in [-0.1, -0.05) is 45.7 Å². The van der Waals surface area contributed by atoms with Gasteiger partial charge in [0, 0.05) is 15.1 Å². The smallest absolute Gasteiger partial charge is 0.264 e. The van der Waals surface area contributed by atoms with Crippen molar-refractivity contribution in [3.8, 4) is 11.5 Å². The minimum atomic E-state index is -3.80. The fourth-order valence-corrected chi connectivity index (χ4v) is 4.69. The number of ether oxygens (including phenoxy) is 1. The molecule has 1 heterocycles. The summed E-state index contributed by atoms with van der Waals surface area (Å²) in [5.74, 6) is 1.07. The molecule has 4 rings (SSSR count). The lowest BCUT2D eigenvalue weighted by atomic mass is 10.2. The molecule has 0 aliphatic carbocycles. The Morgan fingerprint density at radius 2 is 1.69 bits per heavy atom. The molecule has 1 aliphatic heterocycles. The van der Waals surface area contributed by atoms with E-state index in [-0.39, 0.29) is 11.4 Å². The zero-order valence-corrected chi connectivity index (χ0v) is 16.6. The first-order chi connectivity index (χ1) is 12.4. The highest BCUT2D eigenvalue weighted by molar-refractivity contribution is 9.10. The summed E-state index contributed by atoms with van der Waals surface area (Å²) in [6, 6.07) is 18.9. The quantitative estimate of drug-likeness (QED) is 0.510. The van der Waals surface area contributed by atoms with Gasteiger partial charge in [0.25, 0.3) is 10.0 Å². The van der Waals surface area contributed by atoms with Crippen molar-refractivity contribution in [2.24, 2.45) is 0 Å². The van der Waals surface area contributed by atoms with Crippen LogP contribution in [0.3, 0.4) is 0 Å². The Labute approximate surface area is 165 Å². The molecule has 0 unspecified atom stereocenters. The largest absolute Gasteiger partial charge is 0.455 e. The number of rotatable bonds is 2. The van der Waals surface area contributed by atoms with Gasteiger partial charge in [-0.3, -0.25) is 4.31 Å². The van der Waals surface area contributed by atoms with Crippen LogP contribution in [0.4, 0.5) is 5.69 Å². The molecule has 0 spiro atoms. The van der Waals surface area contributed by atoms with Gasteiger partial charge in [-0.2, -0.15) is 0 Å². The molecular weight excluding hydrogens is 438 g/mol. The van der Waals surface area contributed by atoms with Crippen molar-refractivity contribution in [3.63, 3.8) is 0 Å². The lowest BCUT2D eigenvalue weighted by Crippen LogP contribution is -2.30. The van der Waals surface area contributed by atoms with Crippen LogP contribution in [0, 0.1) is 0 Å². The third-order valence-corrected chi connectivity index (χ3v) is 6.64. The van der Waals surface area contributed by atoms with Crippen LogP contribution in [0.15, 0.2) is 76.1 Å². The first-order valence-corrected chi connectivity index (χ1v) is 10.4. The summed E-state index contributed by atoms with van der Waals surface area (Å²) >= 11 is 9.47. The summed E-state index contributed by atoms with van der Waals surface area (Å²) < 4.78 is 34.8. The number of fused-ring (bicyclic) bond motifs is 2. The first-order valence-electron chi connectivity index (χ1n) is 7.79. The van der Waals surface area contributed by atoms with E-state index in [0.29, 0.717) is 22.2 Å². The third-order valence-electron chi connectivity index (χ3n) is 4.10. The second kappa shape index (κ2) is 6.61. The fourth-order valence-electron chi connectivity index (χ4n) is 2.81. The van der Waals surface area contributed by atoms with Gasteiger partial charge in [0.15, 0.2) is 5.75 Å². The van der Waals surface area contributed by atoms with Gasteiger partial charge in [0.05, 0.1) is 17.1 Å². The molecule has 0 radical (unpaired) electrons. The third kappa shape index (κ3) is 3.09. The lowest BCUT2D eigenvalue weighted by molar-refractivity contribution is 0.484. The van der Waals surface area contributed by atoms with Crippen molar-refractivity contribution in [3.05, 3.63) is 81.8 Å². The molecule has 0 fully saturated rings. The van der Waals surface area contributed by atoms with Gasteiger partial charge in [-0.15, -0.1) is 0 Å². The van der Waals surface area contributed by atoms with Crippen molar-refractivity contribution in [1.82, 2.24) is 0 Å². The van der Waals surface area contributed by atoms with E-state index in [1.54, 1.807) is 42.5 Å². The summed E-state index contributed by atoms with van der Waals surface area (Å²) in [6.45, 7) is 0.155. The number of benzene rings is 3. The van der Waals surface area contributed by atoms with Crippen LogP contribution in [0.5, 0.6) is 11.5 Å². The average molecular weight is 451 g/mol. The van der Waals surface area contributed by atoms with Gasteiger partial charge in [0.1, 0.15) is 5.75 Å². The van der Waals surface area contributed by atoms with Crippen LogP contribution in [-0.4, -0.2) is 8.42 Å². The van der Waals surface area contributed by atoms with E-state index in [1.807, 2.05) is 24.3 Å². The molecule has 3 aromatic carbocycles. The first kappa shape index (κ1) is 17.4. The maximum absolute atomic E-state index is 13.3. The van der Waals surface area contributed by atoms with Crippen LogP contribution in [0.1, 0.15) is 5.56 Å². The zero-order valence-electron chi connectivity index (χ0n) is 13.4. The van der Waals surface area contributed by atoms with Crippen LogP contribution in [0.2, 0.25) is 5.02 Å². The normalized spacial score (nSPS) is 13.4. The Balaban J connectivity index is 1.91. The van der Waals surface area contributed by atoms with Crippen molar-refractivity contribution in [2.45, 2.75) is 11.4 Å². The van der Waals surface area contributed by atoms with E-state index in [2.05, 4.69) is 15.9 Å². The highest BCUT2D eigenvalue weighted by atomic mass is 79.9. The molecule has 132 valence electrons. The van der Waals surface area contributed by atoms with Crippen LogP contribution >= 0.6 is 27.5 Å². The predicted octanol–water partition coefficient (Wildman–Crippen LogP) is 5.60. The summed E-state index contributed by atoms with van der Waals surface area (Å²) in [5, 5.41) is 0.439. The van der Waals surface area contributed by atoms with Crippen molar-refractivity contribution >= 4 is 43.2 Å². The van der Waals surface area contributed by atoms with Gasteiger partial charge < -0.3 is 4.74 Å². The number of anilines is 1. The fraction of sp³-hybridized carbons (Fsp3) is 0.0526. The molecule has 0 atom stereocenters. The maximum Gasteiger partial charge on any atom is 0.264 e. The standard InChI is InChI=1S/C19H13BrClNO3S/c20-14-5-8-16(9-6-14)26(23,24)22-12-13-3-1-2-4-18(13)25-19-10-7-15(21)11-17(19)22/h1-11H,12H2. The molecule has 4 nitrogen and oxygen atoms in total. The molecule has 3 aromatic rings. The molecule has 0 aromatic heterocycles.